The summed E-state index contributed by atoms with van der Waals surface area (Å²) in [5, 5.41) is 16.2. The Balaban J connectivity index is 1.56. The number of benzene rings is 2. The highest BCUT2D eigenvalue weighted by atomic mass is 32.2. The summed E-state index contributed by atoms with van der Waals surface area (Å²) < 4.78 is 95.6. The molecule has 9 nitrogen and oxygen atoms in total. The predicted octanol–water partition coefficient (Wildman–Crippen LogP) is 5.52. The monoisotopic (exact) mass is 670 g/mol. The third kappa shape index (κ3) is 5.71. The molecule has 3 aromatic rings. The van der Waals surface area contributed by atoms with Gasteiger partial charge in [0.25, 0.3) is 21.8 Å². The number of carbonyl (C=O) groups is 2. The molecule has 45 heavy (non-hydrogen) atoms. The topological polar surface area (TPSA) is 110 Å². The maximum atomic E-state index is 14.6. The molecule has 240 valence electrons. The fraction of sp³-hybridized carbons (Fsp3) is 0.310. The largest absolute Gasteiger partial charge is 0.509 e. The summed E-state index contributed by atoms with van der Waals surface area (Å²) in [7, 11) is -1.34. The number of nitrogens with one attached hydrogen (secondary N) is 1. The Morgan fingerprint density at radius 1 is 1.13 bits per heavy atom. The Hall–Kier alpha value is -3.86. The van der Waals surface area contributed by atoms with Crippen LogP contribution in [0.4, 0.5) is 27.6 Å². The van der Waals surface area contributed by atoms with E-state index >= 15 is 0 Å². The highest BCUT2D eigenvalue weighted by Crippen LogP contribution is 2.43. The molecule has 3 heterocycles. The van der Waals surface area contributed by atoms with E-state index in [1.807, 2.05) is 0 Å². The first-order valence-corrected chi connectivity index (χ1v) is 15.7. The molecule has 2 amide bonds. The Labute approximate surface area is 259 Å². The average molecular weight is 671 g/mol. The first-order valence-electron chi connectivity index (χ1n) is 13.5. The predicted molar refractivity (Wildman–Crippen MR) is 155 cm³/mol. The van der Waals surface area contributed by atoms with Crippen molar-refractivity contribution in [3.63, 3.8) is 0 Å². The van der Waals surface area contributed by atoms with E-state index in [9.17, 15) is 45.1 Å². The SMILES string of the molecule is CN(C)S(=O)(=O)c1ccc(-c2cc(C(F)(F)F)ccc2NC(=O)C2=C(O)C3(C)CCCN3N(Cc3cccc(F)c3F)C2=O)s1. The zero-order valence-corrected chi connectivity index (χ0v) is 25.7. The van der Waals surface area contributed by atoms with E-state index in [0.29, 0.717) is 30.2 Å². The Kier molecular flexibility index (Phi) is 8.31. The number of hydrogen-bond acceptors (Lipinski definition) is 7. The first kappa shape index (κ1) is 32.5. The summed E-state index contributed by atoms with van der Waals surface area (Å²) >= 11 is 0.677. The highest BCUT2D eigenvalue weighted by molar-refractivity contribution is 7.91. The summed E-state index contributed by atoms with van der Waals surface area (Å²) in [6, 6.07) is 8.37. The lowest BCUT2D eigenvalue weighted by atomic mass is 9.90. The van der Waals surface area contributed by atoms with Crippen molar-refractivity contribution < 1.29 is 45.1 Å². The van der Waals surface area contributed by atoms with Gasteiger partial charge in [0.1, 0.15) is 15.5 Å². The van der Waals surface area contributed by atoms with E-state index in [0.717, 1.165) is 27.5 Å². The van der Waals surface area contributed by atoms with E-state index in [-0.39, 0.29) is 32.4 Å². The molecule has 2 aliphatic rings. The van der Waals surface area contributed by atoms with Gasteiger partial charge in [0, 0.05) is 42.3 Å². The number of aliphatic hydroxyl groups is 1. The molecule has 1 atom stereocenters. The van der Waals surface area contributed by atoms with Gasteiger partial charge in [0.05, 0.1) is 17.6 Å². The first-order chi connectivity index (χ1) is 21.0. The number of amides is 2. The molecule has 0 bridgehead atoms. The fourth-order valence-electron chi connectivity index (χ4n) is 5.38. The molecule has 0 spiro atoms. The van der Waals surface area contributed by atoms with E-state index < -0.39 is 68.6 Å². The standard InChI is InChI=1S/C29H27F5N4O5S2/c1-28-12-5-13-38(28)37(15-16-6-4-7-19(30)24(16)31)27(41)23(25(28)39)26(40)35-20-9-8-17(29(32,33)34)14-18(20)21-10-11-22(44-21)45(42,43)36(2)3/h4,6-11,14,39H,5,12-13,15H2,1-3H3,(H,35,40). The van der Waals surface area contributed by atoms with Crippen LogP contribution in [0.5, 0.6) is 0 Å². The molecule has 2 aromatic carbocycles. The third-order valence-electron chi connectivity index (χ3n) is 7.85. The minimum Gasteiger partial charge on any atom is -0.509 e. The number of alkyl halides is 3. The van der Waals surface area contributed by atoms with Crippen molar-refractivity contribution in [2.45, 2.75) is 42.2 Å². The van der Waals surface area contributed by atoms with Gasteiger partial charge in [-0.25, -0.2) is 26.5 Å². The Morgan fingerprint density at radius 2 is 1.84 bits per heavy atom. The number of hydrazine groups is 1. The number of carbonyl (C=O) groups excluding carboxylic acids is 2. The van der Waals surface area contributed by atoms with Crippen LogP contribution in [0, 0.1) is 11.6 Å². The number of halogens is 5. The van der Waals surface area contributed by atoms with Gasteiger partial charge in [-0.05, 0) is 56.2 Å². The summed E-state index contributed by atoms with van der Waals surface area (Å²) in [6.07, 6.45) is -3.99. The maximum Gasteiger partial charge on any atom is 0.416 e. The summed E-state index contributed by atoms with van der Waals surface area (Å²) in [4.78, 5) is 27.5. The Morgan fingerprint density at radius 3 is 2.51 bits per heavy atom. The van der Waals surface area contributed by atoms with Crippen LogP contribution in [-0.2, 0) is 32.3 Å². The fourth-order valence-corrected chi connectivity index (χ4v) is 7.89. The third-order valence-corrected chi connectivity index (χ3v) is 11.2. The molecular weight excluding hydrogens is 643 g/mol. The lowest BCUT2D eigenvalue weighted by Gasteiger charge is -2.46. The maximum absolute atomic E-state index is 14.6. The van der Waals surface area contributed by atoms with Gasteiger partial charge in [-0.15, -0.1) is 11.3 Å². The van der Waals surface area contributed by atoms with E-state index in [2.05, 4.69) is 5.32 Å². The number of hydrogen-bond donors (Lipinski definition) is 2. The summed E-state index contributed by atoms with van der Waals surface area (Å²) in [5.74, 6) is -5.09. The minimum absolute atomic E-state index is 0.0714. The van der Waals surface area contributed by atoms with Gasteiger partial charge < -0.3 is 10.4 Å². The number of rotatable bonds is 7. The molecule has 0 saturated carbocycles. The second-order valence-electron chi connectivity index (χ2n) is 10.9. The van der Waals surface area contributed by atoms with Crippen molar-refractivity contribution in [2.75, 3.05) is 26.0 Å². The zero-order valence-electron chi connectivity index (χ0n) is 24.1. The highest BCUT2D eigenvalue weighted by Gasteiger charge is 2.52. The number of nitrogens with zero attached hydrogens (tertiary/aromatic N) is 3. The van der Waals surface area contributed by atoms with E-state index in [1.54, 1.807) is 6.92 Å². The van der Waals surface area contributed by atoms with Crippen LogP contribution in [0.25, 0.3) is 10.4 Å². The van der Waals surface area contributed by atoms with Crippen molar-refractivity contribution in [3.8, 4) is 10.4 Å². The molecule has 1 aromatic heterocycles. The van der Waals surface area contributed by atoms with E-state index in [1.165, 1.54) is 43.4 Å². The summed E-state index contributed by atoms with van der Waals surface area (Å²) in [5.41, 5.74) is -3.62. The van der Waals surface area contributed by atoms with Crippen molar-refractivity contribution in [1.29, 1.82) is 0 Å². The van der Waals surface area contributed by atoms with Gasteiger partial charge in [-0.3, -0.25) is 14.6 Å². The van der Waals surface area contributed by atoms with E-state index in [4.69, 9.17) is 0 Å². The summed E-state index contributed by atoms with van der Waals surface area (Å²) in [6.45, 7) is 1.37. The van der Waals surface area contributed by atoms with Crippen molar-refractivity contribution >= 4 is 38.9 Å². The van der Waals surface area contributed by atoms with Gasteiger partial charge in [-0.2, -0.15) is 13.2 Å². The molecule has 5 rings (SSSR count). The van der Waals surface area contributed by atoms with Crippen molar-refractivity contribution in [3.05, 3.63) is 82.6 Å². The van der Waals surface area contributed by atoms with Crippen LogP contribution in [0.2, 0.25) is 0 Å². The molecule has 16 heteroatoms. The second kappa shape index (κ2) is 11.5. The number of sulfonamides is 1. The van der Waals surface area contributed by atoms with Crippen LogP contribution >= 0.6 is 11.3 Å². The van der Waals surface area contributed by atoms with Crippen LogP contribution in [0.1, 0.15) is 30.9 Å². The number of anilines is 1. The van der Waals surface area contributed by atoms with Crippen molar-refractivity contribution in [1.82, 2.24) is 14.3 Å². The van der Waals surface area contributed by atoms with Gasteiger partial charge in [0.2, 0.25) is 0 Å². The quantitative estimate of drug-likeness (QED) is 0.253. The smallest absolute Gasteiger partial charge is 0.416 e. The molecular formula is C29H27F5N4O5S2. The molecule has 1 fully saturated rings. The second-order valence-corrected chi connectivity index (χ2v) is 14.4. The number of thiophene rings is 1. The van der Waals surface area contributed by atoms with Gasteiger partial charge >= 0.3 is 6.18 Å². The molecule has 0 aliphatic carbocycles. The molecule has 1 saturated heterocycles. The molecule has 2 N–H and O–H groups in total. The molecule has 1 unspecified atom stereocenters. The lowest BCUT2D eigenvalue weighted by Crippen LogP contribution is -2.60. The average Bonchev–Trinajstić information content (AvgIpc) is 3.61. The van der Waals surface area contributed by atoms with Gasteiger partial charge in [0.15, 0.2) is 11.6 Å². The molecule has 0 radical (unpaired) electrons. The van der Waals surface area contributed by atoms with Crippen molar-refractivity contribution in [2.24, 2.45) is 0 Å². The normalized spacial score (nSPS) is 19.4. The van der Waals surface area contributed by atoms with Crippen LogP contribution in [0.3, 0.4) is 0 Å². The number of aliphatic hydroxyl groups excluding tert-OH is 1. The lowest BCUT2D eigenvalue weighted by molar-refractivity contribution is -0.160. The Bertz CT molecular complexity index is 1840. The van der Waals surface area contributed by atoms with Gasteiger partial charge in [-0.1, -0.05) is 12.1 Å². The van der Waals surface area contributed by atoms with Crippen LogP contribution < -0.4 is 5.32 Å². The number of fused-ring (bicyclic) bond motifs is 1. The minimum atomic E-state index is -4.78. The van der Waals surface area contributed by atoms with Crippen LogP contribution in [-0.4, -0.2) is 65.8 Å². The zero-order chi connectivity index (χ0) is 33.1. The molecule has 2 aliphatic heterocycles. The van der Waals surface area contributed by atoms with Crippen LogP contribution in [0.15, 0.2) is 64.1 Å².